The lowest BCUT2D eigenvalue weighted by molar-refractivity contribution is -0.129. The van der Waals surface area contributed by atoms with Crippen LogP contribution in [0.25, 0.3) is 0 Å². The lowest BCUT2D eigenvalue weighted by Crippen LogP contribution is -2.33. The Morgan fingerprint density at radius 2 is 1.63 bits per heavy atom. The average Bonchev–Trinajstić information content (AvgIpc) is 3.42. The van der Waals surface area contributed by atoms with Crippen molar-refractivity contribution in [3.63, 3.8) is 0 Å². The summed E-state index contributed by atoms with van der Waals surface area (Å²) in [5, 5.41) is 3.02. The van der Waals surface area contributed by atoms with Crippen LogP contribution in [0.1, 0.15) is 36.0 Å². The number of hydrogen-bond donors (Lipinski definition) is 1. The minimum Gasteiger partial charge on any atom is -0.352 e. The van der Waals surface area contributed by atoms with Crippen molar-refractivity contribution in [2.75, 3.05) is 26.2 Å². The highest BCUT2D eigenvalue weighted by Gasteiger charge is 2.33. The summed E-state index contributed by atoms with van der Waals surface area (Å²) in [6.07, 6.45) is 3.75. The zero-order valence-corrected chi connectivity index (χ0v) is 17.6. The van der Waals surface area contributed by atoms with Gasteiger partial charge in [-0.05, 0) is 49.0 Å². The van der Waals surface area contributed by atoms with Gasteiger partial charge in [0.15, 0.2) is 0 Å². The van der Waals surface area contributed by atoms with Crippen molar-refractivity contribution in [1.82, 2.24) is 15.1 Å². The number of carbonyl (C=O) groups excluding carboxylic acids is 2. The van der Waals surface area contributed by atoms with Crippen molar-refractivity contribution in [2.24, 2.45) is 5.92 Å². The smallest absolute Gasteiger partial charge is 0.225 e. The number of benzene rings is 2. The number of nitrogens with zero attached hydrogens (tertiary/aromatic N) is 2. The summed E-state index contributed by atoms with van der Waals surface area (Å²) < 4.78 is 0. The molecular formula is C25H31N3O2. The first kappa shape index (κ1) is 20.6. The van der Waals surface area contributed by atoms with E-state index >= 15 is 0 Å². The molecule has 0 aliphatic carbocycles. The summed E-state index contributed by atoms with van der Waals surface area (Å²) in [6.45, 7) is 5.10. The van der Waals surface area contributed by atoms with Crippen LogP contribution in [0.5, 0.6) is 0 Å². The Morgan fingerprint density at radius 3 is 2.37 bits per heavy atom. The van der Waals surface area contributed by atoms with Crippen LogP contribution < -0.4 is 5.32 Å². The van der Waals surface area contributed by atoms with Gasteiger partial charge in [0, 0.05) is 32.6 Å². The second-order valence-electron chi connectivity index (χ2n) is 8.49. The van der Waals surface area contributed by atoms with Crippen LogP contribution in [-0.4, -0.2) is 47.8 Å². The number of hydrogen-bond acceptors (Lipinski definition) is 3. The lowest BCUT2D eigenvalue weighted by Gasteiger charge is -2.17. The van der Waals surface area contributed by atoms with Crippen molar-refractivity contribution in [1.29, 1.82) is 0 Å². The van der Waals surface area contributed by atoms with Gasteiger partial charge < -0.3 is 10.2 Å². The summed E-state index contributed by atoms with van der Waals surface area (Å²) >= 11 is 0. The highest BCUT2D eigenvalue weighted by atomic mass is 16.2. The van der Waals surface area contributed by atoms with Gasteiger partial charge in [-0.25, -0.2) is 0 Å². The highest BCUT2D eigenvalue weighted by molar-refractivity contribution is 5.89. The van der Waals surface area contributed by atoms with Crippen LogP contribution >= 0.6 is 0 Å². The van der Waals surface area contributed by atoms with Gasteiger partial charge >= 0.3 is 0 Å². The molecule has 2 saturated heterocycles. The van der Waals surface area contributed by atoms with E-state index in [1.165, 1.54) is 37.1 Å². The van der Waals surface area contributed by atoms with Gasteiger partial charge in [0.2, 0.25) is 11.8 Å². The maximum Gasteiger partial charge on any atom is 0.225 e. The largest absolute Gasteiger partial charge is 0.352 e. The van der Waals surface area contributed by atoms with Crippen molar-refractivity contribution >= 4 is 11.8 Å². The standard InChI is InChI=1S/C25H31N3O2/c29-24-16-23(19-28(24)15-12-20-6-2-1-3-7-20)25(30)26-17-21-8-10-22(11-9-21)18-27-13-4-5-14-27/h1-3,6-11,23H,4-5,12-19H2,(H,26,30). The predicted octanol–water partition coefficient (Wildman–Crippen LogP) is 2.99. The fourth-order valence-corrected chi connectivity index (χ4v) is 4.37. The number of nitrogens with one attached hydrogen (secondary N) is 1. The molecule has 158 valence electrons. The van der Waals surface area contributed by atoms with Crippen LogP contribution in [0, 0.1) is 5.92 Å². The predicted molar refractivity (Wildman–Crippen MR) is 118 cm³/mol. The molecule has 2 heterocycles. The molecular weight excluding hydrogens is 374 g/mol. The molecule has 2 aliphatic rings. The van der Waals surface area contributed by atoms with E-state index < -0.39 is 0 Å². The number of rotatable bonds is 8. The van der Waals surface area contributed by atoms with Gasteiger partial charge in [-0.15, -0.1) is 0 Å². The number of amides is 2. The van der Waals surface area contributed by atoms with Crippen LogP contribution in [-0.2, 0) is 29.1 Å². The molecule has 1 unspecified atom stereocenters. The van der Waals surface area contributed by atoms with Crippen molar-refractivity contribution < 1.29 is 9.59 Å². The van der Waals surface area contributed by atoms with E-state index in [2.05, 4.69) is 46.6 Å². The summed E-state index contributed by atoms with van der Waals surface area (Å²) in [5.74, 6) is -0.188. The molecule has 5 heteroatoms. The Bertz CT molecular complexity index is 844. The number of likely N-dealkylation sites (tertiary alicyclic amines) is 2. The lowest BCUT2D eigenvalue weighted by atomic mass is 10.1. The molecule has 2 aromatic rings. The van der Waals surface area contributed by atoms with E-state index in [1.54, 1.807) is 0 Å². The first-order valence-electron chi connectivity index (χ1n) is 11.1. The second-order valence-corrected chi connectivity index (χ2v) is 8.49. The van der Waals surface area contributed by atoms with Gasteiger partial charge in [0.1, 0.15) is 0 Å². The van der Waals surface area contributed by atoms with Gasteiger partial charge in [-0.2, -0.15) is 0 Å². The fourth-order valence-electron chi connectivity index (χ4n) is 4.37. The van der Waals surface area contributed by atoms with Crippen molar-refractivity contribution in [3.8, 4) is 0 Å². The fraction of sp³-hybridized carbons (Fsp3) is 0.440. The van der Waals surface area contributed by atoms with Gasteiger partial charge in [0.25, 0.3) is 0 Å². The highest BCUT2D eigenvalue weighted by Crippen LogP contribution is 2.19. The third kappa shape index (κ3) is 5.48. The number of carbonyl (C=O) groups is 2. The molecule has 2 fully saturated rings. The van der Waals surface area contributed by atoms with E-state index in [9.17, 15) is 9.59 Å². The molecule has 0 saturated carbocycles. The molecule has 2 aromatic carbocycles. The third-order valence-corrected chi connectivity index (χ3v) is 6.19. The van der Waals surface area contributed by atoms with Gasteiger partial charge in [-0.3, -0.25) is 14.5 Å². The zero-order chi connectivity index (χ0) is 20.8. The molecule has 2 amide bonds. The summed E-state index contributed by atoms with van der Waals surface area (Å²) in [5.41, 5.74) is 3.63. The van der Waals surface area contributed by atoms with Crippen LogP contribution in [0.4, 0.5) is 0 Å². The molecule has 0 radical (unpaired) electrons. The Labute approximate surface area is 179 Å². The Hall–Kier alpha value is -2.66. The molecule has 30 heavy (non-hydrogen) atoms. The quantitative estimate of drug-likeness (QED) is 0.735. The SMILES string of the molecule is O=C(NCc1ccc(CN2CCCC2)cc1)C1CC(=O)N(CCc2ccccc2)C1. The van der Waals surface area contributed by atoms with Crippen molar-refractivity contribution in [2.45, 2.75) is 38.8 Å². The van der Waals surface area contributed by atoms with Crippen LogP contribution in [0.2, 0.25) is 0 Å². The zero-order valence-electron chi connectivity index (χ0n) is 17.6. The monoisotopic (exact) mass is 405 g/mol. The minimum atomic E-state index is -0.247. The van der Waals surface area contributed by atoms with Crippen molar-refractivity contribution in [3.05, 3.63) is 71.3 Å². The molecule has 0 bridgehead atoms. The average molecular weight is 406 g/mol. The Balaban J connectivity index is 1.21. The van der Waals surface area contributed by atoms with Crippen LogP contribution in [0.3, 0.4) is 0 Å². The first-order chi connectivity index (χ1) is 14.7. The summed E-state index contributed by atoms with van der Waals surface area (Å²) in [7, 11) is 0. The third-order valence-electron chi connectivity index (χ3n) is 6.19. The first-order valence-corrected chi connectivity index (χ1v) is 11.1. The maximum absolute atomic E-state index is 12.6. The van der Waals surface area contributed by atoms with E-state index in [0.29, 0.717) is 26.1 Å². The molecule has 1 atom stereocenters. The molecule has 4 rings (SSSR count). The molecule has 2 aliphatic heterocycles. The van der Waals surface area contributed by atoms with E-state index in [1.807, 2.05) is 23.1 Å². The Morgan fingerprint density at radius 1 is 0.933 bits per heavy atom. The molecule has 5 nitrogen and oxygen atoms in total. The van der Waals surface area contributed by atoms with E-state index in [4.69, 9.17) is 0 Å². The minimum absolute atomic E-state index is 0.0216. The van der Waals surface area contributed by atoms with Gasteiger partial charge in [0.05, 0.1) is 5.92 Å². The summed E-state index contributed by atoms with van der Waals surface area (Å²) in [6, 6.07) is 18.7. The van der Waals surface area contributed by atoms with E-state index in [0.717, 1.165) is 18.5 Å². The maximum atomic E-state index is 12.6. The topological polar surface area (TPSA) is 52.7 Å². The summed E-state index contributed by atoms with van der Waals surface area (Å²) in [4.78, 5) is 29.2. The second kappa shape index (κ2) is 9.90. The normalized spacial score (nSPS) is 19.4. The molecule has 0 aromatic heterocycles. The Kier molecular flexibility index (Phi) is 6.80. The van der Waals surface area contributed by atoms with Gasteiger partial charge in [-0.1, -0.05) is 54.6 Å². The molecule has 0 spiro atoms. The molecule has 1 N–H and O–H groups in total. The van der Waals surface area contributed by atoms with E-state index in [-0.39, 0.29) is 17.7 Å². The van der Waals surface area contributed by atoms with Crippen LogP contribution in [0.15, 0.2) is 54.6 Å².